The lowest BCUT2D eigenvalue weighted by Gasteiger charge is -2.28. The average Bonchev–Trinajstić information content (AvgIpc) is 2.66. The predicted molar refractivity (Wildman–Crippen MR) is 96.4 cm³/mol. The van der Waals surface area contributed by atoms with Gasteiger partial charge in [0, 0.05) is 12.1 Å². The maximum atomic E-state index is 12.8. The van der Waals surface area contributed by atoms with E-state index in [-0.39, 0.29) is 34.8 Å². The molecular weight excluding hydrogens is 384 g/mol. The Kier molecular flexibility index (Phi) is 6.90. The molecule has 0 spiro atoms. The molecule has 2 N–H and O–H groups in total. The van der Waals surface area contributed by atoms with Crippen LogP contribution in [-0.4, -0.2) is 53.0 Å². The number of hydrogen-bond acceptors (Lipinski definition) is 5. The van der Waals surface area contributed by atoms with Crippen molar-refractivity contribution in [2.75, 3.05) is 18.2 Å². The average molecular weight is 404 g/mol. The van der Waals surface area contributed by atoms with Crippen LogP contribution in [-0.2, 0) is 14.8 Å². The van der Waals surface area contributed by atoms with E-state index in [0.717, 1.165) is 0 Å². The number of nitrogens with two attached hydrogens (primary N) is 1. The molecule has 25 heavy (non-hydrogen) atoms. The van der Waals surface area contributed by atoms with Crippen molar-refractivity contribution in [1.29, 1.82) is 5.26 Å². The Morgan fingerprint density at radius 1 is 1.48 bits per heavy atom. The summed E-state index contributed by atoms with van der Waals surface area (Å²) in [5.41, 5.74) is -0.423. The van der Waals surface area contributed by atoms with E-state index in [0.29, 0.717) is 5.70 Å². The Hall–Kier alpha value is -1.73. The molecule has 0 aromatic heterocycles. The highest BCUT2D eigenvalue weighted by Gasteiger charge is 2.49. The van der Waals surface area contributed by atoms with Gasteiger partial charge in [0.2, 0.25) is 10.0 Å². The summed E-state index contributed by atoms with van der Waals surface area (Å²) in [6.45, 7) is 6.82. The second kappa shape index (κ2) is 8.10. The van der Waals surface area contributed by atoms with Crippen LogP contribution < -0.4 is 5.14 Å². The van der Waals surface area contributed by atoms with E-state index >= 15 is 0 Å². The molecule has 0 aromatic carbocycles. The first kappa shape index (κ1) is 21.3. The van der Waals surface area contributed by atoms with E-state index in [1.165, 1.54) is 22.0 Å². The van der Waals surface area contributed by atoms with Crippen LogP contribution in [0.3, 0.4) is 0 Å². The van der Waals surface area contributed by atoms with Crippen LogP contribution in [0.5, 0.6) is 0 Å². The van der Waals surface area contributed by atoms with Crippen molar-refractivity contribution in [2.24, 2.45) is 5.14 Å². The smallest absolute Gasteiger partial charge is 0.258 e. The molecular formula is C15H20ClN4O3S2+. The van der Waals surface area contributed by atoms with Gasteiger partial charge in [-0.05, 0) is 44.3 Å². The Morgan fingerprint density at radius 3 is 2.56 bits per heavy atom. The summed E-state index contributed by atoms with van der Waals surface area (Å²) >= 11 is 10.3. The third-order valence-corrected chi connectivity index (χ3v) is 4.89. The van der Waals surface area contributed by atoms with Crippen molar-refractivity contribution >= 4 is 33.3 Å². The van der Waals surface area contributed by atoms with Gasteiger partial charge in [0.1, 0.15) is 17.1 Å². The summed E-state index contributed by atoms with van der Waals surface area (Å²) in [6, 6.07) is 1.88. The summed E-state index contributed by atoms with van der Waals surface area (Å²) in [5.74, 6) is -0.435. The van der Waals surface area contributed by atoms with Gasteiger partial charge in [-0.25, -0.2) is 13.6 Å². The molecule has 1 fully saturated rings. The minimum atomic E-state index is -3.70. The highest BCUT2D eigenvalue weighted by molar-refractivity contribution is 7.89. The number of nitriles is 1. The first-order valence-corrected chi connectivity index (χ1v) is 9.87. The Balaban J connectivity index is 3.22. The molecule has 1 rings (SSSR count). The Morgan fingerprint density at radius 2 is 2.08 bits per heavy atom. The molecule has 0 saturated carbocycles. The zero-order chi connectivity index (χ0) is 19.4. The van der Waals surface area contributed by atoms with Crippen LogP contribution in [0.1, 0.15) is 13.8 Å². The van der Waals surface area contributed by atoms with Gasteiger partial charge >= 0.3 is 0 Å². The normalized spacial score (nSPS) is 18.1. The number of carbonyl (C=O) groups excluding carboxylic acids is 1. The lowest BCUT2D eigenvalue weighted by molar-refractivity contribution is -0.353. The maximum Gasteiger partial charge on any atom is 0.258 e. The molecule has 1 heterocycles. The topological polar surface area (TPSA) is 108 Å². The predicted octanol–water partition coefficient (Wildman–Crippen LogP) is 0.284. The SMILES string of the molecule is C=C(C#N)/C=C\C(=C/C[ClH+])N1C(=O)C(C)(C)N(CCS(N)(=O)=O)C1=S. The molecule has 1 amide bonds. The van der Waals surface area contributed by atoms with E-state index in [4.69, 9.17) is 34.2 Å². The zero-order valence-electron chi connectivity index (χ0n) is 13.9. The summed E-state index contributed by atoms with van der Waals surface area (Å²) in [5, 5.41) is 14.0. The molecule has 10 heteroatoms. The quantitative estimate of drug-likeness (QED) is 0.283. The number of sulfonamides is 1. The Labute approximate surface area is 158 Å². The zero-order valence-corrected chi connectivity index (χ0v) is 16.4. The molecule has 7 nitrogen and oxygen atoms in total. The number of thiocarbonyl (C=S) groups is 1. The number of rotatable bonds is 7. The van der Waals surface area contributed by atoms with E-state index in [1.807, 2.05) is 6.07 Å². The van der Waals surface area contributed by atoms with Crippen molar-refractivity contribution in [3.8, 4) is 6.07 Å². The van der Waals surface area contributed by atoms with Crippen molar-refractivity contribution in [3.63, 3.8) is 0 Å². The number of carbonyl (C=O) groups is 1. The van der Waals surface area contributed by atoms with Crippen molar-refractivity contribution in [2.45, 2.75) is 19.4 Å². The van der Waals surface area contributed by atoms with Gasteiger partial charge in [0.25, 0.3) is 5.91 Å². The minimum absolute atomic E-state index is 0.0112. The number of hydrogen-bond donors (Lipinski definition) is 1. The molecule has 0 radical (unpaired) electrons. The number of alkyl halides is 1. The molecule has 0 aromatic rings. The van der Waals surface area contributed by atoms with E-state index in [2.05, 4.69) is 6.58 Å². The summed E-state index contributed by atoms with van der Waals surface area (Å²) in [7, 11) is -3.70. The van der Waals surface area contributed by atoms with E-state index in [1.54, 1.807) is 19.9 Å². The van der Waals surface area contributed by atoms with Gasteiger partial charge in [-0.2, -0.15) is 5.26 Å². The fourth-order valence-corrected chi connectivity index (χ4v) is 3.32. The highest BCUT2D eigenvalue weighted by atomic mass is 35.5. The molecule has 136 valence electrons. The standard InChI is InChI=1S/C15H20ClN4O3S2/c1-11(10-17)4-5-12(6-7-16)20-13(21)15(2,3)19(14(20)24)8-9-25(18,22)23/h4-6,16H,1,7-9H2,2-3H3,(H2,18,22,23)/q+1/b5-4-,12-6+. The third kappa shape index (κ3) is 5.12. The lowest BCUT2D eigenvalue weighted by atomic mass is 10.0. The fourth-order valence-electron chi connectivity index (χ4n) is 2.20. The monoisotopic (exact) mass is 403 g/mol. The second-order valence-corrected chi connectivity index (χ2v) is 8.20. The number of halogens is 1. The number of primary sulfonamides is 1. The number of allylic oxidation sites excluding steroid dienone is 4. The molecule has 0 atom stereocenters. The fraction of sp³-hybridized carbons (Fsp3) is 0.400. The third-order valence-electron chi connectivity index (χ3n) is 3.57. The maximum absolute atomic E-state index is 12.8. The summed E-state index contributed by atoms with van der Waals surface area (Å²) in [4.78, 5) is 15.6. The van der Waals surface area contributed by atoms with Crippen LogP contribution in [0.25, 0.3) is 0 Å². The molecule has 0 unspecified atom stereocenters. The molecule has 1 saturated heterocycles. The van der Waals surface area contributed by atoms with E-state index < -0.39 is 15.6 Å². The second-order valence-electron chi connectivity index (χ2n) is 5.77. The van der Waals surface area contributed by atoms with Gasteiger partial charge in [0.05, 0.1) is 17.5 Å². The minimum Gasteiger partial charge on any atom is -0.333 e. The summed E-state index contributed by atoms with van der Waals surface area (Å²) < 4.78 is 22.5. The van der Waals surface area contributed by atoms with Crippen LogP contribution in [0.4, 0.5) is 0 Å². The molecule has 1 aliphatic rings. The number of nitrogens with zero attached hydrogens (tertiary/aromatic N) is 3. The summed E-state index contributed by atoms with van der Waals surface area (Å²) in [6.07, 6.45) is 4.59. The first-order chi connectivity index (χ1) is 11.5. The van der Waals surface area contributed by atoms with Gasteiger partial charge in [0.15, 0.2) is 11.0 Å². The van der Waals surface area contributed by atoms with E-state index in [9.17, 15) is 13.2 Å². The number of amides is 1. The van der Waals surface area contributed by atoms with Crippen LogP contribution >= 0.6 is 12.2 Å². The van der Waals surface area contributed by atoms with Gasteiger partial charge < -0.3 is 4.90 Å². The van der Waals surface area contributed by atoms with Crippen molar-refractivity contribution in [1.82, 2.24) is 9.80 Å². The van der Waals surface area contributed by atoms with Crippen LogP contribution in [0, 0.1) is 22.9 Å². The Bertz CT molecular complexity index is 794. The molecule has 1 aliphatic heterocycles. The van der Waals surface area contributed by atoms with Crippen LogP contribution in [0.2, 0.25) is 0 Å². The largest absolute Gasteiger partial charge is 0.333 e. The van der Waals surface area contributed by atoms with Gasteiger partial charge in [-0.3, -0.25) is 9.69 Å². The van der Waals surface area contributed by atoms with Crippen LogP contribution in [0.15, 0.2) is 36.1 Å². The van der Waals surface area contributed by atoms with Crippen molar-refractivity contribution < 1.29 is 24.8 Å². The molecule has 0 bridgehead atoms. The van der Waals surface area contributed by atoms with Gasteiger partial charge in [-0.15, -0.1) is 0 Å². The molecule has 0 aliphatic carbocycles. The lowest BCUT2D eigenvalue weighted by Crippen LogP contribution is -2.46. The highest BCUT2D eigenvalue weighted by Crippen LogP contribution is 2.31. The first-order valence-electron chi connectivity index (χ1n) is 7.17. The van der Waals surface area contributed by atoms with Gasteiger partial charge in [-0.1, -0.05) is 6.58 Å². The van der Waals surface area contributed by atoms with Crippen molar-refractivity contribution in [3.05, 3.63) is 36.1 Å².